The van der Waals surface area contributed by atoms with E-state index in [1.165, 1.54) is 31.4 Å². The third-order valence-electron chi connectivity index (χ3n) is 7.39. The smallest absolute Gasteiger partial charge is 0.188 e. The molecule has 0 radical (unpaired) electrons. The Labute approximate surface area is 243 Å². The van der Waals surface area contributed by atoms with Gasteiger partial charge in [0.1, 0.15) is 5.75 Å². The minimum atomic E-state index is 0.630. The quantitative estimate of drug-likeness (QED) is 0.218. The van der Waals surface area contributed by atoms with Gasteiger partial charge in [-0.05, 0) is 81.3 Å². The summed E-state index contributed by atoms with van der Waals surface area (Å²) >= 11 is 3.19. The third kappa shape index (κ3) is 6.67. The van der Waals surface area contributed by atoms with Crippen LogP contribution in [0, 0.1) is 17.2 Å². The van der Waals surface area contributed by atoms with E-state index in [4.69, 9.17) is 20.0 Å². The van der Waals surface area contributed by atoms with E-state index < -0.39 is 0 Å². The van der Waals surface area contributed by atoms with Crippen LogP contribution in [0.4, 0.5) is 10.9 Å². The largest absolute Gasteiger partial charge is 0.453 e. The van der Waals surface area contributed by atoms with Crippen LogP contribution in [-0.2, 0) is 6.42 Å². The van der Waals surface area contributed by atoms with Crippen molar-refractivity contribution in [2.45, 2.75) is 48.8 Å². The molecule has 8 heteroatoms. The first-order valence-electron chi connectivity index (χ1n) is 13.7. The highest BCUT2D eigenvalue weighted by molar-refractivity contribution is 7.99. The lowest BCUT2D eigenvalue weighted by molar-refractivity contribution is 0.225. The Bertz CT molecular complexity index is 1530. The number of rotatable bonds is 9. The number of nitrogens with one attached hydrogen (secondary N) is 1. The lowest BCUT2D eigenvalue weighted by Crippen LogP contribution is -2.33. The molecule has 40 heavy (non-hydrogen) atoms. The van der Waals surface area contributed by atoms with Gasteiger partial charge in [-0.2, -0.15) is 5.26 Å². The summed E-state index contributed by atoms with van der Waals surface area (Å²) in [6, 6.07) is 21.4. The van der Waals surface area contributed by atoms with Crippen LogP contribution in [0.25, 0.3) is 0 Å². The summed E-state index contributed by atoms with van der Waals surface area (Å²) < 4.78 is 6.26. The maximum absolute atomic E-state index is 9.08. The second kappa shape index (κ2) is 12.2. The average Bonchev–Trinajstić information content (AvgIpc) is 3.75. The van der Waals surface area contributed by atoms with Gasteiger partial charge in [-0.3, -0.25) is 0 Å². The fraction of sp³-hybridized carbons (Fsp3) is 0.281. The number of nitriles is 1. The van der Waals surface area contributed by atoms with Crippen molar-refractivity contribution < 1.29 is 4.74 Å². The molecule has 0 spiro atoms. The summed E-state index contributed by atoms with van der Waals surface area (Å²) in [6.45, 7) is 4.61. The number of anilines is 2. The molecule has 2 aromatic carbocycles. The normalized spacial score (nSPS) is 15.0. The average molecular weight is 566 g/mol. The van der Waals surface area contributed by atoms with E-state index in [1.54, 1.807) is 28.7 Å². The van der Waals surface area contributed by atoms with Crippen LogP contribution < -0.4 is 10.1 Å². The second-order valence-electron chi connectivity index (χ2n) is 10.3. The van der Waals surface area contributed by atoms with Gasteiger partial charge in [0.2, 0.25) is 0 Å². The molecule has 0 unspecified atom stereocenters. The van der Waals surface area contributed by atoms with Crippen molar-refractivity contribution >= 4 is 34.0 Å². The summed E-state index contributed by atoms with van der Waals surface area (Å²) in [7, 11) is 0. The number of aromatic nitrogens is 2. The first-order valence-corrected chi connectivity index (χ1v) is 15.4. The zero-order chi connectivity index (χ0) is 27.3. The van der Waals surface area contributed by atoms with Crippen LogP contribution in [0.5, 0.6) is 11.5 Å². The predicted octanol–water partition coefficient (Wildman–Crippen LogP) is 8.42. The zero-order valence-corrected chi connectivity index (χ0v) is 24.1. The Balaban J connectivity index is 1.14. The molecular weight excluding hydrogens is 535 g/mol. The fourth-order valence-corrected chi connectivity index (χ4v) is 6.52. The van der Waals surface area contributed by atoms with Crippen molar-refractivity contribution in [2.75, 3.05) is 18.4 Å². The monoisotopic (exact) mass is 565 g/mol. The maximum atomic E-state index is 9.08. The van der Waals surface area contributed by atoms with E-state index in [-0.39, 0.29) is 0 Å². The van der Waals surface area contributed by atoms with Crippen molar-refractivity contribution in [3.05, 3.63) is 94.8 Å². The number of hydrogen-bond acceptors (Lipinski definition) is 8. The van der Waals surface area contributed by atoms with E-state index in [0.29, 0.717) is 23.0 Å². The summed E-state index contributed by atoms with van der Waals surface area (Å²) in [4.78, 5) is 14.2. The van der Waals surface area contributed by atoms with Crippen LogP contribution in [-0.4, -0.2) is 28.0 Å². The van der Waals surface area contributed by atoms with Gasteiger partial charge in [0, 0.05) is 46.2 Å². The van der Waals surface area contributed by atoms with Crippen LogP contribution in [0.1, 0.15) is 43.9 Å². The molecule has 202 valence electrons. The second-order valence-corrected chi connectivity index (χ2v) is 12.3. The molecule has 0 bridgehead atoms. The molecular formula is C32H31N5OS2. The van der Waals surface area contributed by atoms with Gasteiger partial charge in [-0.1, -0.05) is 35.5 Å². The highest BCUT2D eigenvalue weighted by Gasteiger charge is 2.24. The SMILES string of the molecule is CC(=C1CC1)N1CCC(Cc2csc(Nc3ncc(Sc4ccc(C#N)cc4)cc3Oc3ccccc3)n2)CC1. The molecule has 1 N–H and O–H groups in total. The molecule has 6 rings (SSSR count). The highest BCUT2D eigenvalue weighted by Crippen LogP contribution is 2.37. The van der Waals surface area contributed by atoms with Crippen molar-refractivity contribution in [3.8, 4) is 17.6 Å². The maximum Gasteiger partial charge on any atom is 0.188 e. The minimum Gasteiger partial charge on any atom is -0.453 e. The number of pyridine rings is 1. The highest BCUT2D eigenvalue weighted by atomic mass is 32.2. The number of benzene rings is 2. The number of allylic oxidation sites excluding steroid dienone is 2. The van der Waals surface area contributed by atoms with Gasteiger partial charge in [-0.25, -0.2) is 9.97 Å². The van der Waals surface area contributed by atoms with Crippen LogP contribution in [0.2, 0.25) is 0 Å². The first kappa shape index (κ1) is 26.4. The van der Waals surface area contributed by atoms with Gasteiger partial charge in [-0.15, -0.1) is 11.3 Å². The molecule has 0 atom stereocenters. The molecule has 6 nitrogen and oxygen atoms in total. The molecule has 2 fully saturated rings. The summed E-state index contributed by atoms with van der Waals surface area (Å²) in [5, 5.41) is 15.5. The summed E-state index contributed by atoms with van der Waals surface area (Å²) in [5.41, 5.74) is 4.96. The standard InChI is InChI=1S/C32H31N5OS2/c1-22(25-9-10-25)37-15-13-23(14-16-37)17-26-21-39-32(35-26)36-31-30(38-27-5-3-2-4-6-27)18-29(20-34-31)40-28-11-7-24(19-33)8-12-28/h2-8,11-12,18,20-21,23H,9-10,13-17H2,1H3,(H,34,35,36). The topological polar surface area (TPSA) is 74.1 Å². The summed E-state index contributed by atoms with van der Waals surface area (Å²) in [5.74, 6) is 2.68. The number of hydrogen-bond donors (Lipinski definition) is 1. The van der Waals surface area contributed by atoms with Crippen molar-refractivity contribution in [3.63, 3.8) is 0 Å². The number of nitrogens with zero attached hydrogens (tertiary/aromatic N) is 4. The molecule has 1 aliphatic heterocycles. The molecule has 1 aliphatic carbocycles. The molecule has 1 saturated carbocycles. The van der Waals surface area contributed by atoms with Crippen molar-refractivity contribution in [1.82, 2.24) is 14.9 Å². The summed E-state index contributed by atoms with van der Waals surface area (Å²) in [6.07, 6.45) is 7.89. The van der Waals surface area contributed by atoms with Gasteiger partial charge in [0.15, 0.2) is 16.7 Å². The lowest BCUT2D eigenvalue weighted by atomic mass is 9.92. The number of thiazole rings is 1. The van der Waals surface area contributed by atoms with Gasteiger partial charge < -0.3 is 15.0 Å². The lowest BCUT2D eigenvalue weighted by Gasteiger charge is -2.34. The molecule has 4 aromatic rings. The van der Waals surface area contributed by atoms with Crippen LogP contribution in [0.15, 0.2) is 93.3 Å². The Morgan fingerprint density at radius 1 is 1.10 bits per heavy atom. The molecule has 3 heterocycles. The Morgan fingerprint density at radius 3 is 2.60 bits per heavy atom. The predicted molar refractivity (Wildman–Crippen MR) is 161 cm³/mol. The van der Waals surface area contributed by atoms with Crippen LogP contribution >= 0.6 is 23.1 Å². The molecule has 2 aromatic heterocycles. The Hall–Kier alpha value is -3.80. The van der Waals surface area contributed by atoms with E-state index in [2.05, 4.69) is 28.6 Å². The number of ether oxygens (including phenoxy) is 1. The number of para-hydroxylation sites is 1. The Morgan fingerprint density at radius 2 is 1.88 bits per heavy atom. The van der Waals surface area contributed by atoms with E-state index >= 15 is 0 Å². The van der Waals surface area contributed by atoms with Crippen molar-refractivity contribution in [1.29, 1.82) is 5.26 Å². The van der Waals surface area contributed by atoms with E-state index in [1.807, 2.05) is 66.9 Å². The van der Waals surface area contributed by atoms with Gasteiger partial charge in [0.25, 0.3) is 0 Å². The van der Waals surface area contributed by atoms with Gasteiger partial charge in [0.05, 0.1) is 17.3 Å². The molecule has 2 aliphatic rings. The third-order valence-corrected chi connectivity index (χ3v) is 9.17. The fourth-order valence-electron chi connectivity index (χ4n) is 4.98. The van der Waals surface area contributed by atoms with E-state index in [9.17, 15) is 0 Å². The number of piperidine rings is 1. The first-order chi connectivity index (χ1) is 19.6. The zero-order valence-electron chi connectivity index (χ0n) is 22.5. The van der Waals surface area contributed by atoms with Crippen LogP contribution in [0.3, 0.4) is 0 Å². The van der Waals surface area contributed by atoms with Gasteiger partial charge >= 0.3 is 0 Å². The van der Waals surface area contributed by atoms with E-state index in [0.717, 1.165) is 45.9 Å². The Kier molecular flexibility index (Phi) is 8.03. The molecule has 1 saturated heterocycles. The molecule has 0 amide bonds. The number of likely N-dealkylation sites (tertiary alicyclic amines) is 1. The minimum absolute atomic E-state index is 0.630. The van der Waals surface area contributed by atoms with Crippen molar-refractivity contribution in [2.24, 2.45) is 5.92 Å².